The van der Waals surface area contributed by atoms with E-state index in [0.717, 1.165) is 19.3 Å². The van der Waals surface area contributed by atoms with Crippen molar-refractivity contribution in [3.05, 3.63) is 18.0 Å². The van der Waals surface area contributed by atoms with Crippen LogP contribution in [-0.2, 0) is 9.63 Å². The number of aromatic amines is 1. The molecule has 3 aliphatic rings. The number of nitrogens with one attached hydrogen (secondary N) is 2. The fraction of sp³-hybridized carbons (Fsp3) is 0.571. The van der Waals surface area contributed by atoms with E-state index in [1.807, 2.05) is 0 Å². The van der Waals surface area contributed by atoms with Gasteiger partial charge in [-0.3, -0.25) is 14.7 Å². The van der Waals surface area contributed by atoms with Gasteiger partial charge in [0.2, 0.25) is 0 Å². The Hall–Kier alpha value is -2.38. The Balaban J connectivity index is 1.42. The van der Waals surface area contributed by atoms with Crippen LogP contribution in [0.15, 0.2) is 17.4 Å². The first-order chi connectivity index (χ1) is 10.7. The molecule has 3 heterocycles. The van der Waals surface area contributed by atoms with Gasteiger partial charge in [-0.25, -0.2) is 0 Å². The average molecular weight is 303 g/mol. The van der Waals surface area contributed by atoms with Gasteiger partial charge in [0.15, 0.2) is 11.8 Å². The highest BCUT2D eigenvalue weighted by atomic mass is 16.6. The van der Waals surface area contributed by atoms with Crippen LogP contribution >= 0.6 is 0 Å². The number of rotatable bonds is 3. The third-order valence-corrected chi connectivity index (χ3v) is 4.60. The van der Waals surface area contributed by atoms with Crippen molar-refractivity contribution in [2.24, 2.45) is 11.1 Å². The highest BCUT2D eigenvalue weighted by molar-refractivity contribution is 6.40. The molecule has 1 aliphatic carbocycles. The molecule has 0 aromatic carbocycles. The SMILES string of the molecule is O=C(NC1CCC1)C1=NO[C@@H]2CN(C(=O)c3ccn[nH]3)C[C@H]12. The third kappa shape index (κ3) is 2.15. The number of hydrogen-bond donors (Lipinski definition) is 2. The molecule has 2 atom stereocenters. The van der Waals surface area contributed by atoms with Crippen LogP contribution in [0.3, 0.4) is 0 Å². The largest absolute Gasteiger partial charge is 0.389 e. The molecule has 22 heavy (non-hydrogen) atoms. The van der Waals surface area contributed by atoms with Crippen LogP contribution in [0, 0.1) is 5.92 Å². The minimum atomic E-state index is -0.228. The number of likely N-dealkylation sites (tertiary alicyclic amines) is 1. The van der Waals surface area contributed by atoms with Crippen molar-refractivity contribution in [1.29, 1.82) is 0 Å². The Morgan fingerprint density at radius 2 is 2.23 bits per heavy atom. The lowest BCUT2D eigenvalue weighted by Crippen LogP contribution is -2.45. The van der Waals surface area contributed by atoms with Crippen molar-refractivity contribution in [2.45, 2.75) is 31.4 Å². The van der Waals surface area contributed by atoms with E-state index in [-0.39, 0.29) is 29.9 Å². The predicted octanol–water partition coefficient (Wildman–Crippen LogP) is -0.0948. The van der Waals surface area contributed by atoms with Crippen LogP contribution in [-0.4, -0.2) is 57.9 Å². The van der Waals surface area contributed by atoms with Crippen molar-refractivity contribution in [3.63, 3.8) is 0 Å². The van der Waals surface area contributed by atoms with Crippen molar-refractivity contribution in [2.75, 3.05) is 13.1 Å². The molecule has 2 N–H and O–H groups in total. The summed E-state index contributed by atoms with van der Waals surface area (Å²) in [7, 11) is 0. The summed E-state index contributed by atoms with van der Waals surface area (Å²) >= 11 is 0. The smallest absolute Gasteiger partial charge is 0.272 e. The van der Waals surface area contributed by atoms with Crippen molar-refractivity contribution < 1.29 is 14.4 Å². The molecular weight excluding hydrogens is 286 g/mol. The molecule has 0 radical (unpaired) electrons. The maximum atomic E-state index is 12.3. The van der Waals surface area contributed by atoms with E-state index in [2.05, 4.69) is 20.7 Å². The average Bonchev–Trinajstić information content (AvgIpc) is 3.16. The summed E-state index contributed by atoms with van der Waals surface area (Å²) in [6.45, 7) is 0.881. The Labute approximate surface area is 126 Å². The number of nitrogens with zero attached hydrogens (tertiary/aromatic N) is 3. The van der Waals surface area contributed by atoms with Gasteiger partial charge in [-0.05, 0) is 25.3 Å². The monoisotopic (exact) mass is 303 g/mol. The van der Waals surface area contributed by atoms with E-state index >= 15 is 0 Å². The van der Waals surface area contributed by atoms with Gasteiger partial charge in [0.1, 0.15) is 5.69 Å². The van der Waals surface area contributed by atoms with E-state index in [9.17, 15) is 9.59 Å². The third-order valence-electron chi connectivity index (χ3n) is 4.60. The second-order valence-corrected chi connectivity index (χ2v) is 6.01. The molecular formula is C14H17N5O3. The number of carbonyl (C=O) groups excluding carboxylic acids is 2. The maximum absolute atomic E-state index is 12.3. The maximum Gasteiger partial charge on any atom is 0.272 e. The molecule has 1 saturated heterocycles. The summed E-state index contributed by atoms with van der Waals surface area (Å²) in [4.78, 5) is 31.6. The molecule has 0 unspecified atom stereocenters. The van der Waals surface area contributed by atoms with Crippen LogP contribution in [0.4, 0.5) is 0 Å². The van der Waals surface area contributed by atoms with Gasteiger partial charge < -0.3 is 15.1 Å². The summed E-state index contributed by atoms with van der Waals surface area (Å²) < 4.78 is 0. The molecule has 1 saturated carbocycles. The molecule has 4 rings (SSSR count). The van der Waals surface area contributed by atoms with E-state index in [1.165, 1.54) is 0 Å². The zero-order chi connectivity index (χ0) is 15.1. The van der Waals surface area contributed by atoms with Crippen molar-refractivity contribution >= 4 is 17.5 Å². The van der Waals surface area contributed by atoms with Crippen LogP contribution in [0.25, 0.3) is 0 Å². The molecule has 2 aliphatic heterocycles. The Kier molecular flexibility index (Phi) is 3.09. The minimum Gasteiger partial charge on any atom is -0.389 e. The second-order valence-electron chi connectivity index (χ2n) is 6.01. The Bertz CT molecular complexity index is 622. The lowest BCUT2D eigenvalue weighted by molar-refractivity contribution is -0.116. The van der Waals surface area contributed by atoms with Crippen LogP contribution < -0.4 is 5.32 Å². The highest BCUT2D eigenvalue weighted by Gasteiger charge is 2.46. The number of aromatic nitrogens is 2. The molecule has 2 fully saturated rings. The van der Waals surface area contributed by atoms with Crippen LogP contribution in [0.5, 0.6) is 0 Å². The van der Waals surface area contributed by atoms with Gasteiger partial charge in [0, 0.05) is 18.8 Å². The van der Waals surface area contributed by atoms with E-state index in [0.29, 0.717) is 24.5 Å². The van der Waals surface area contributed by atoms with Gasteiger partial charge in [-0.2, -0.15) is 5.10 Å². The van der Waals surface area contributed by atoms with Gasteiger partial charge in [-0.1, -0.05) is 5.16 Å². The minimum absolute atomic E-state index is 0.130. The summed E-state index contributed by atoms with van der Waals surface area (Å²) in [5, 5.41) is 13.4. The number of carbonyl (C=O) groups is 2. The normalized spacial score (nSPS) is 26.9. The first kappa shape index (κ1) is 13.3. The topological polar surface area (TPSA) is 99.7 Å². The fourth-order valence-electron chi connectivity index (χ4n) is 3.07. The molecule has 2 amide bonds. The zero-order valence-electron chi connectivity index (χ0n) is 12.0. The van der Waals surface area contributed by atoms with Gasteiger partial charge >= 0.3 is 0 Å². The molecule has 0 spiro atoms. The Morgan fingerprint density at radius 1 is 1.36 bits per heavy atom. The first-order valence-electron chi connectivity index (χ1n) is 7.55. The first-order valence-corrected chi connectivity index (χ1v) is 7.55. The van der Waals surface area contributed by atoms with Gasteiger partial charge in [0.05, 0.1) is 12.5 Å². The predicted molar refractivity (Wildman–Crippen MR) is 76.1 cm³/mol. The molecule has 0 bridgehead atoms. The summed E-state index contributed by atoms with van der Waals surface area (Å²) in [6.07, 6.45) is 4.53. The fourth-order valence-corrected chi connectivity index (χ4v) is 3.07. The lowest BCUT2D eigenvalue weighted by atomic mass is 9.92. The van der Waals surface area contributed by atoms with E-state index in [4.69, 9.17) is 4.84 Å². The second kappa shape index (κ2) is 5.11. The molecule has 8 heteroatoms. The number of fused-ring (bicyclic) bond motifs is 1. The molecule has 1 aromatic rings. The lowest BCUT2D eigenvalue weighted by Gasteiger charge is -2.26. The summed E-state index contributed by atoms with van der Waals surface area (Å²) in [5.41, 5.74) is 0.856. The van der Waals surface area contributed by atoms with Crippen molar-refractivity contribution in [1.82, 2.24) is 20.4 Å². The molecule has 8 nitrogen and oxygen atoms in total. The highest BCUT2D eigenvalue weighted by Crippen LogP contribution is 2.28. The summed E-state index contributed by atoms with van der Waals surface area (Å²) in [5.74, 6) is -0.436. The summed E-state index contributed by atoms with van der Waals surface area (Å²) in [6, 6.07) is 1.90. The number of hydrogen-bond acceptors (Lipinski definition) is 5. The number of amides is 2. The van der Waals surface area contributed by atoms with Crippen LogP contribution in [0.1, 0.15) is 29.8 Å². The quantitative estimate of drug-likeness (QED) is 0.814. The van der Waals surface area contributed by atoms with E-state index in [1.54, 1.807) is 17.2 Å². The van der Waals surface area contributed by atoms with Crippen molar-refractivity contribution in [3.8, 4) is 0 Å². The zero-order valence-corrected chi connectivity index (χ0v) is 12.0. The van der Waals surface area contributed by atoms with Gasteiger partial charge in [0.25, 0.3) is 11.8 Å². The molecule has 1 aromatic heterocycles. The molecule has 116 valence electrons. The van der Waals surface area contributed by atoms with E-state index < -0.39 is 0 Å². The van der Waals surface area contributed by atoms with Crippen LogP contribution in [0.2, 0.25) is 0 Å². The Morgan fingerprint density at radius 3 is 2.91 bits per heavy atom. The standard InChI is InChI=1S/C14H17N5O3/c20-13(16-8-2-1-3-8)12-9-6-19(7-11(9)22-18-12)14(21)10-4-5-15-17-10/h4-5,8-9,11H,1-3,6-7H2,(H,15,17)(H,16,20)/t9-,11+/m0/s1. The number of oxime groups is 1. The van der Waals surface area contributed by atoms with Gasteiger partial charge in [-0.15, -0.1) is 0 Å². The number of H-pyrrole nitrogens is 1.